The first-order valence-electron chi connectivity index (χ1n) is 8.70. The van der Waals surface area contributed by atoms with Gasteiger partial charge in [0.2, 0.25) is 6.79 Å². The monoisotopic (exact) mass is 375 g/mol. The van der Waals surface area contributed by atoms with Gasteiger partial charge in [-0.3, -0.25) is 0 Å². The molecule has 27 heavy (non-hydrogen) atoms. The van der Waals surface area contributed by atoms with E-state index in [0.29, 0.717) is 6.54 Å². The Bertz CT molecular complexity index is 1140. The van der Waals surface area contributed by atoms with E-state index in [1.807, 2.05) is 18.2 Å². The van der Waals surface area contributed by atoms with Crippen LogP contribution in [0.15, 0.2) is 54.9 Å². The van der Waals surface area contributed by atoms with Crippen molar-refractivity contribution in [3.05, 3.63) is 66.0 Å². The summed E-state index contributed by atoms with van der Waals surface area (Å²) < 4.78 is 11.9. The number of rotatable bonds is 4. The van der Waals surface area contributed by atoms with Gasteiger partial charge >= 0.3 is 0 Å². The zero-order valence-corrected chi connectivity index (χ0v) is 15.5. The summed E-state index contributed by atoms with van der Waals surface area (Å²) in [6, 6.07) is 16.6. The minimum Gasteiger partial charge on any atom is -0.454 e. The van der Waals surface area contributed by atoms with Crippen LogP contribution in [0.2, 0.25) is 0 Å². The Hall–Kier alpha value is -3.12. The maximum atomic E-state index is 5.45. The number of aryl methyl sites for hydroxylation is 1. The predicted molar refractivity (Wildman–Crippen MR) is 107 cm³/mol. The Kier molecular flexibility index (Phi) is 3.90. The lowest BCUT2D eigenvalue weighted by atomic mass is 10.1. The number of hydrogen-bond acceptors (Lipinski definition) is 6. The summed E-state index contributed by atoms with van der Waals surface area (Å²) in [5.74, 6) is 2.44. The molecular formula is C21H17N3O2S. The van der Waals surface area contributed by atoms with E-state index in [-0.39, 0.29) is 6.79 Å². The van der Waals surface area contributed by atoms with Gasteiger partial charge in [-0.2, -0.15) is 0 Å². The molecule has 0 fully saturated rings. The number of ether oxygens (including phenoxy) is 2. The van der Waals surface area contributed by atoms with Crippen molar-refractivity contribution >= 4 is 27.4 Å². The van der Waals surface area contributed by atoms with Crippen LogP contribution >= 0.6 is 11.3 Å². The number of thiophene rings is 1. The molecule has 5 rings (SSSR count). The fourth-order valence-electron chi connectivity index (χ4n) is 3.16. The average Bonchev–Trinajstić information content (AvgIpc) is 3.32. The van der Waals surface area contributed by atoms with E-state index in [9.17, 15) is 0 Å². The van der Waals surface area contributed by atoms with Gasteiger partial charge in [0, 0.05) is 11.4 Å². The Morgan fingerprint density at radius 2 is 1.96 bits per heavy atom. The van der Waals surface area contributed by atoms with Gasteiger partial charge < -0.3 is 14.8 Å². The molecule has 0 radical (unpaired) electrons. The number of hydrogen-bond donors (Lipinski definition) is 1. The molecule has 1 N–H and O–H groups in total. The summed E-state index contributed by atoms with van der Waals surface area (Å²) in [6.07, 6.45) is 1.61. The van der Waals surface area contributed by atoms with E-state index in [1.165, 1.54) is 16.0 Å². The summed E-state index contributed by atoms with van der Waals surface area (Å²) in [4.78, 5) is 10.1. The molecule has 1 aliphatic rings. The van der Waals surface area contributed by atoms with Gasteiger partial charge in [0.05, 0.1) is 10.2 Å². The molecule has 0 bridgehead atoms. The highest BCUT2D eigenvalue weighted by Gasteiger charge is 2.14. The molecule has 6 heteroatoms. The number of benzene rings is 2. The highest BCUT2D eigenvalue weighted by Crippen LogP contribution is 2.36. The van der Waals surface area contributed by atoms with Gasteiger partial charge in [-0.15, -0.1) is 11.3 Å². The smallest absolute Gasteiger partial charge is 0.231 e. The summed E-state index contributed by atoms with van der Waals surface area (Å²) in [5.41, 5.74) is 4.53. The van der Waals surface area contributed by atoms with E-state index >= 15 is 0 Å². The Morgan fingerprint density at radius 1 is 1.04 bits per heavy atom. The standard InChI is InChI=1S/C21H17N3O2S/c1-13-3-2-4-15(7-13)19-9-16-20(27-19)21(24-11-23-16)22-10-14-5-6-17-18(8-14)26-12-25-17/h2-9,11H,10,12H2,1H3,(H,22,23,24). The van der Waals surface area contributed by atoms with Crippen molar-refractivity contribution in [2.45, 2.75) is 13.5 Å². The van der Waals surface area contributed by atoms with Gasteiger partial charge in [-0.1, -0.05) is 35.9 Å². The molecule has 1 aliphatic heterocycles. The number of nitrogens with zero attached hydrogens (tertiary/aromatic N) is 2. The van der Waals surface area contributed by atoms with Crippen LogP contribution < -0.4 is 14.8 Å². The molecule has 0 aliphatic carbocycles. The van der Waals surface area contributed by atoms with E-state index in [2.05, 4.69) is 52.5 Å². The van der Waals surface area contributed by atoms with E-state index in [1.54, 1.807) is 17.7 Å². The molecule has 0 amide bonds. The van der Waals surface area contributed by atoms with Crippen molar-refractivity contribution in [3.8, 4) is 21.9 Å². The van der Waals surface area contributed by atoms with Crippen LogP contribution in [-0.4, -0.2) is 16.8 Å². The van der Waals surface area contributed by atoms with Crippen LogP contribution in [0.1, 0.15) is 11.1 Å². The van der Waals surface area contributed by atoms with Crippen molar-refractivity contribution in [1.82, 2.24) is 9.97 Å². The topological polar surface area (TPSA) is 56.3 Å². The van der Waals surface area contributed by atoms with Crippen LogP contribution in [0, 0.1) is 6.92 Å². The predicted octanol–water partition coefficient (Wildman–Crippen LogP) is 5.01. The molecule has 5 nitrogen and oxygen atoms in total. The third-order valence-electron chi connectivity index (χ3n) is 4.51. The number of fused-ring (bicyclic) bond motifs is 2. The van der Waals surface area contributed by atoms with Gasteiger partial charge in [0.25, 0.3) is 0 Å². The highest BCUT2D eigenvalue weighted by atomic mass is 32.1. The zero-order chi connectivity index (χ0) is 18.2. The van der Waals surface area contributed by atoms with Crippen LogP contribution in [0.5, 0.6) is 11.5 Å². The second-order valence-corrected chi connectivity index (χ2v) is 7.51. The molecule has 2 aromatic heterocycles. The number of aromatic nitrogens is 2. The van der Waals surface area contributed by atoms with Crippen molar-refractivity contribution in [2.75, 3.05) is 12.1 Å². The molecule has 0 unspecified atom stereocenters. The molecule has 2 aromatic carbocycles. The largest absolute Gasteiger partial charge is 0.454 e. The lowest BCUT2D eigenvalue weighted by molar-refractivity contribution is 0.174. The normalized spacial score (nSPS) is 12.5. The Balaban J connectivity index is 1.43. The minimum atomic E-state index is 0.287. The number of anilines is 1. The van der Waals surface area contributed by atoms with Crippen LogP contribution in [0.3, 0.4) is 0 Å². The minimum absolute atomic E-state index is 0.287. The summed E-state index contributed by atoms with van der Waals surface area (Å²) in [6.45, 7) is 3.05. The maximum absolute atomic E-state index is 5.45. The lowest BCUT2D eigenvalue weighted by Crippen LogP contribution is -2.01. The van der Waals surface area contributed by atoms with Gasteiger partial charge in [0.15, 0.2) is 11.5 Å². The molecule has 0 saturated carbocycles. The highest BCUT2D eigenvalue weighted by molar-refractivity contribution is 7.22. The first-order valence-corrected chi connectivity index (χ1v) is 9.52. The first kappa shape index (κ1) is 16.1. The molecule has 0 atom stereocenters. The van der Waals surface area contributed by atoms with Crippen LogP contribution in [0.25, 0.3) is 20.7 Å². The van der Waals surface area contributed by atoms with E-state index < -0.39 is 0 Å². The summed E-state index contributed by atoms with van der Waals surface area (Å²) in [7, 11) is 0. The van der Waals surface area contributed by atoms with Gasteiger partial charge in [-0.05, 0) is 36.2 Å². The second kappa shape index (κ2) is 6.55. The lowest BCUT2D eigenvalue weighted by Gasteiger charge is -2.07. The number of nitrogens with one attached hydrogen (secondary N) is 1. The molecule has 0 spiro atoms. The van der Waals surface area contributed by atoms with Gasteiger partial charge in [0.1, 0.15) is 12.1 Å². The molecule has 4 aromatic rings. The van der Waals surface area contributed by atoms with Crippen LogP contribution in [0.4, 0.5) is 5.82 Å². The summed E-state index contributed by atoms with van der Waals surface area (Å²) >= 11 is 1.71. The van der Waals surface area contributed by atoms with Crippen molar-refractivity contribution in [2.24, 2.45) is 0 Å². The Labute approximate surface area is 160 Å². The zero-order valence-electron chi connectivity index (χ0n) is 14.7. The van der Waals surface area contributed by atoms with E-state index in [0.717, 1.165) is 33.1 Å². The fourth-order valence-corrected chi connectivity index (χ4v) is 4.23. The van der Waals surface area contributed by atoms with Crippen molar-refractivity contribution < 1.29 is 9.47 Å². The third kappa shape index (κ3) is 3.08. The van der Waals surface area contributed by atoms with E-state index in [4.69, 9.17) is 9.47 Å². The van der Waals surface area contributed by atoms with Crippen molar-refractivity contribution in [1.29, 1.82) is 0 Å². The quantitative estimate of drug-likeness (QED) is 0.543. The maximum Gasteiger partial charge on any atom is 0.231 e. The van der Waals surface area contributed by atoms with Crippen molar-refractivity contribution in [3.63, 3.8) is 0 Å². The first-order chi connectivity index (χ1) is 13.3. The molecule has 134 valence electrons. The Morgan fingerprint density at radius 3 is 2.89 bits per heavy atom. The SMILES string of the molecule is Cc1cccc(-c2cc3ncnc(NCc4ccc5c(c4)OCO5)c3s2)c1. The third-order valence-corrected chi connectivity index (χ3v) is 5.69. The van der Waals surface area contributed by atoms with Crippen LogP contribution in [-0.2, 0) is 6.54 Å². The van der Waals surface area contributed by atoms with Gasteiger partial charge in [-0.25, -0.2) is 9.97 Å². The molecular weight excluding hydrogens is 358 g/mol. The fraction of sp³-hybridized carbons (Fsp3) is 0.143. The molecule has 3 heterocycles. The summed E-state index contributed by atoms with van der Waals surface area (Å²) in [5, 5.41) is 3.43. The second-order valence-electron chi connectivity index (χ2n) is 6.46. The molecule has 0 saturated heterocycles. The average molecular weight is 375 g/mol.